The second-order valence-corrected chi connectivity index (χ2v) is 4.10. The molecule has 0 bridgehead atoms. The van der Waals surface area contributed by atoms with Crippen molar-refractivity contribution in [2.75, 3.05) is 0 Å². The van der Waals surface area contributed by atoms with Gasteiger partial charge in [0.15, 0.2) is 6.04 Å². The third-order valence-electron chi connectivity index (χ3n) is 2.04. The van der Waals surface area contributed by atoms with Gasteiger partial charge in [-0.1, -0.05) is 29.3 Å². The fourth-order valence-corrected chi connectivity index (χ4v) is 1.56. The molecule has 0 aromatic heterocycles. The van der Waals surface area contributed by atoms with E-state index < -0.39 is 23.8 Å². The van der Waals surface area contributed by atoms with E-state index in [2.05, 4.69) is 5.32 Å². The molecule has 1 aromatic rings. The van der Waals surface area contributed by atoms with E-state index in [1.165, 1.54) is 18.2 Å². The van der Waals surface area contributed by atoms with Gasteiger partial charge in [0.1, 0.15) is 0 Å². The van der Waals surface area contributed by atoms with Gasteiger partial charge in [-0.05, 0) is 12.1 Å². The maximum Gasteiger partial charge on any atom is 0.253 e. The van der Waals surface area contributed by atoms with Crippen LogP contribution in [-0.4, -0.2) is 23.8 Å². The number of rotatable bonds is 4. The summed E-state index contributed by atoms with van der Waals surface area (Å²) in [4.78, 5) is 33.6. The van der Waals surface area contributed by atoms with Gasteiger partial charge in [-0.25, -0.2) is 0 Å². The number of hydrogen-bond acceptors (Lipinski definition) is 3. The normalized spacial score (nSPS) is 10.2. The van der Waals surface area contributed by atoms with Crippen LogP contribution in [0.5, 0.6) is 0 Å². The Morgan fingerprint density at radius 1 is 1.11 bits per heavy atom. The van der Waals surface area contributed by atoms with Crippen LogP contribution in [0, 0.1) is 0 Å². The minimum absolute atomic E-state index is 0.00403. The third-order valence-corrected chi connectivity index (χ3v) is 2.86. The number of nitrogens with two attached hydrogens (primary N) is 2. The summed E-state index contributed by atoms with van der Waals surface area (Å²) in [7, 11) is 0. The van der Waals surface area contributed by atoms with Crippen LogP contribution in [-0.2, 0) is 9.59 Å². The summed E-state index contributed by atoms with van der Waals surface area (Å²) >= 11 is 11.5. The zero-order valence-electron chi connectivity index (χ0n) is 8.94. The first kappa shape index (κ1) is 14.3. The van der Waals surface area contributed by atoms with Crippen LogP contribution in [0.25, 0.3) is 0 Å². The monoisotopic (exact) mass is 289 g/mol. The van der Waals surface area contributed by atoms with Crippen molar-refractivity contribution in [2.24, 2.45) is 11.5 Å². The highest BCUT2D eigenvalue weighted by molar-refractivity contribution is 6.43. The molecule has 5 N–H and O–H groups in total. The Labute approximate surface area is 112 Å². The predicted molar refractivity (Wildman–Crippen MR) is 66.1 cm³/mol. The molecule has 0 aliphatic carbocycles. The minimum atomic E-state index is -1.60. The highest BCUT2D eigenvalue weighted by Crippen LogP contribution is 2.25. The quantitative estimate of drug-likeness (QED) is 0.681. The van der Waals surface area contributed by atoms with E-state index in [0.29, 0.717) is 0 Å². The Hall–Kier alpha value is -1.79. The lowest BCUT2D eigenvalue weighted by atomic mass is 10.2. The fraction of sp³-hybridized carbons (Fsp3) is 0.100. The van der Waals surface area contributed by atoms with Crippen molar-refractivity contribution in [2.45, 2.75) is 6.04 Å². The van der Waals surface area contributed by atoms with E-state index >= 15 is 0 Å². The van der Waals surface area contributed by atoms with Crippen LogP contribution < -0.4 is 16.8 Å². The summed E-state index contributed by atoms with van der Waals surface area (Å²) in [6.07, 6.45) is 0. The van der Waals surface area contributed by atoms with Crippen LogP contribution >= 0.6 is 23.2 Å². The molecule has 0 heterocycles. The average molecular weight is 290 g/mol. The summed E-state index contributed by atoms with van der Waals surface area (Å²) in [6.45, 7) is 0. The molecular weight excluding hydrogens is 281 g/mol. The number of amides is 3. The molecule has 1 aromatic carbocycles. The number of nitrogens with one attached hydrogen (secondary N) is 1. The maximum absolute atomic E-state index is 11.8. The standard InChI is InChI=1S/C10H9Cl2N3O3/c11-5-3-1-2-4(6(5)12)10(18)15-7(8(13)16)9(14)17/h1-3,7H,(H2,13,16)(H2,14,17)(H,15,18). The molecular formula is C10H9Cl2N3O3. The molecule has 0 spiro atoms. The lowest BCUT2D eigenvalue weighted by Crippen LogP contribution is -2.52. The maximum atomic E-state index is 11.8. The van der Waals surface area contributed by atoms with Gasteiger partial charge in [-0.2, -0.15) is 0 Å². The SMILES string of the molecule is NC(=O)C(NC(=O)c1cccc(Cl)c1Cl)C(N)=O. The minimum Gasteiger partial charge on any atom is -0.367 e. The molecule has 18 heavy (non-hydrogen) atoms. The molecule has 1 rings (SSSR count). The second kappa shape index (κ2) is 5.70. The summed E-state index contributed by atoms with van der Waals surface area (Å²) in [5.74, 6) is -2.90. The van der Waals surface area contributed by atoms with Crippen LogP contribution in [0.1, 0.15) is 10.4 Å². The molecule has 0 aliphatic heterocycles. The van der Waals surface area contributed by atoms with Gasteiger partial charge < -0.3 is 16.8 Å². The van der Waals surface area contributed by atoms with Gasteiger partial charge in [0.05, 0.1) is 15.6 Å². The Morgan fingerprint density at radius 2 is 1.67 bits per heavy atom. The lowest BCUT2D eigenvalue weighted by molar-refractivity contribution is -0.128. The first-order chi connectivity index (χ1) is 8.34. The predicted octanol–water partition coefficient (Wildman–Crippen LogP) is 0.0624. The summed E-state index contributed by atoms with van der Waals surface area (Å²) in [5, 5.41) is 2.24. The van der Waals surface area contributed by atoms with Gasteiger partial charge >= 0.3 is 0 Å². The van der Waals surface area contributed by atoms with Crippen molar-refractivity contribution in [3.05, 3.63) is 33.8 Å². The molecule has 96 valence electrons. The molecule has 8 heteroatoms. The molecule has 0 unspecified atom stereocenters. The van der Waals surface area contributed by atoms with E-state index in [1.54, 1.807) is 0 Å². The first-order valence-corrected chi connectivity index (χ1v) is 5.43. The van der Waals surface area contributed by atoms with E-state index in [1.807, 2.05) is 0 Å². The number of carbonyl (C=O) groups excluding carboxylic acids is 3. The Kier molecular flexibility index (Phi) is 4.52. The molecule has 0 saturated carbocycles. The Bertz CT molecular complexity index is 505. The van der Waals surface area contributed by atoms with Crippen LogP contribution in [0.4, 0.5) is 0 Å². The number of carbonyl (C=O) groups is 3. The molecule has 0 atom stereocenters. The molecule has 0 fully saturated rings. The van der Waals surface area contributed by atoms with Gasteiger partial charge in [-0.15, -0.1) is 0 Å². The van der Waals surface area contributed by atoms with Crippen molar-refractivity contribution in [3.63, 3.8) is 0 Å². The topological polar surface area (TPSA) is 115 Å². The Morgan fingerprint density at radius 3 is 2.17 bits per heavy atom. The van der Waals surface area contributed by atoms with Crippen molar-refractivity contribution < 1.29 is 14.4 Å². The summed E-state index contributed by atoms with van der Waals surface area (Å²) < 4.78 is 0. The van der Waals surface area contributed by atoms with Gasteiger partial charge in [-0.3, -0.25) is 14.4 Å². The fourth-order valence-electron chi connectivity index (χ4n) is 1.17. The van der Waals surface area contributed by atoms with E-state index in [9.17, 15) is 14.4 Å². The Balaban J connectivity index is 2.98. The van der Waals surface area contributed by atoms with Crippen LogP contribution in [0.3, 0.4) is 0 Å². The van der Waals surface area contributed by atoms with Crippen LogP contribution in [0.2, 0.25) is 10.0 Å². The van der Waals surface area contributed by atoms with E-state index in [-0.39, 0.29) is 15.6 Å². The number of halogens is 2. The van der Waals surface area contributed by atoms with Crippen molar-refractivity contribution in [3.8, 4) is 0 Å². The van der Waals surface area contributed by atoms with Crippen molar-refractivity contribution >= 4 is 40.9 Å². The smallest absolute Gasteiger partial charge is 0.253 e. The molecule has 3 amide bonds. The zero-order chi connectivity index (χ0) is 13.9. The highest BCUT2D eigenvalue weighted by atomic mass is 35.5. The second-order valence-electron chi connectivity index (χ2n) is 3.31. The van der Waals surface area contributed by atoms with E-state index in [0.717, 1.165) is 0 Å². The van der Waals surface area contributed by atoms with E-state index in [4.69, 9.17) is 34.7 Å². The molecule has 0 radical (unpaired) electrons. The number of benzene rings is 1. The summed E-state index contributed by atoms with van der Waals surface area (Å²) in [6, 6.07) is 2.75. The lowest BCUT2D eigenvalue weighted by Gasteiger charge is -2.12. The molecule has 0 saturated heterocycles. The largest absolute Gasteiger partial charge is 0.367 e. The number of hydrogen-bond donors (Lipinski definition) is 3. The van der Waals surface area contributed by atoms with Crippen LogP contribution in [0.15, 0.2) is 18.2 Å². The number of primary amides is 2. The highest BCUT2D eigenvalue weighted by Gasteiger charge is 2.25. The summed E-state index contributed by atoms with van der Waals surface area (Å²) in [5.41, 5.74) is 9.85. The average Bonchev–Trinajstić information content (AvgIpc) is 2.28. The zero-order valence-corrected chi connectivity index (χ0v) is 10.5. The van der Waals surface area contributed by atoms with Gasteiger partial charge in [0, 0.05) is 0 Å². The van der Waals surface area contributed by atoms with Crippen molar-refractivity contribution in [1.82, 2.24) is 5.32 Å². The molecule has 6 nitrogen and oxygen atoms in total. The van der Waals surface area contributed by atoms with Gasteiger partial charge in [0.2, 0.25) is 11.8 Å². The van der Waals surface area contributed by atoms with Gasteiger partial charge in [0.25, 0.3) is 5.91 Å². The first-order valence-electron chi connectivity index (χ1n) is 4.68. The third kappa shape index (κ3) is 3.12. The molecule has 0 aliphatic rings. The van der Waals surface area contributed by atoms with Crippen molar-refractivity contribution in [1.29, 1.82) is 0 Å².